The number of aryl methyl sites for hydroxylation is 1. The Hall–Kier alpha value is -2.33. The molecule has 0 radical (unpaired) electrons. The average molecular weight is 436 g/mol. The van der Waals surface area contributed by atoms with Crippen molar-refractivity contribution >= 4 is 45.4 Å². The Kier molecular flexibility index (Phi) is 5.39. The number of hydrogen-bond donors (Lipinski definition) is 2. The van der Waals surface area contributed by atoms with Gasteiger partial charge in [-0.15, -0.1) is 0 Å². The molecule has 3 unspecified atom stereocenters. The van der Waals surface area contributed by atoms with E-state index in [-0.39, 0.29) is 17.0 Å². The molecular weight excluding hydrogens is 417 g/mol. The van der Waals surface area contributed by atoms with Gasteiger partial charge in [-0.1, -0.05) is 23.7 Å². The fourth-order valence-electron chi connectivity index (χ4n) is 3.45. The summed E-state index contributed by atoms with van der Waals surface area (Å²) >= 11 is 4.21. The Morgan fingerprint density at radius 2 is 2.07 bits per heavy atom. The van der Waals surface area contributed by atoms with Gasteiger partial charge in [-0.25, -0.2) is 22.6 Å². The van der Waals surface area contributed by atoms with Crippen LogP contribution in [0.25, 0.3) is 11.0 Å². The van der Waals surface area contributed by atoms with Crippen molar-refractivity contribution in [2.45, 2.75) is 18.5 Å². The van der Waals surface area contributed by atoms with Crippen LogP contribution < -0.4 is 10.0 Å². The lowest BCUT2D eigenvalue weighted by Gasteiger charge is -2.35. The van der Waals surface area contributed by atoms with Crippen molar-refractivity contribution < 1.29 is 13.4 Å². The predicted octanol–water partition coefficient (Wildman–Crippen LogP) is 2.92. The molecule has 3 atom stereocenters. The smallest absolute Gasteiger partial charge is 0.242 e. The first kappa shape index (κ1) is 20.0. The molecule has 0 saturated carbocycles. The highest BCUT2D eigenvalue weighted by Crippen LogP contribution is 2.29. The summed E-state index contributed by atoms with van der Waals surface area (Å²) in [5, 5.41) is 2.64. The molecule has 0 aliphatic carbocycles. The van der Waals surface area contributed by atoms with Crippen molar-refractivity contribution in [2.24, 2.45) is 7.05 Å². The molecule has 7 nitrogen and oxygen atoms in total. The van der Waals surface area contributed by atoms with Crippen molar-refractivity contribution in [2.75, 3.05) is 12.4 Å². The number of rotatable bonds is 3. The lowest BCUT2D eigenvalue weighted by molar-refractivity contribution is -0.120. The lowest BCUT2D eigenvalue weighted by atomic mass is 10.1. The Morgan fingerprint density at radius 3 is 2.79 bits per heavy atom. The molecule has 152 valence electrons. The highest BCUT2D eigenvalue weighted by Gasteiger charge is 2.38. The van der Waals surface area contributed by atoms with Gasteiger partial charge < -0.3 is 9.88 Å². The van der Waals surface area contributed by atoms with Crippen molar-refractivity contribution in [3.63, 3.8) is 0 Å². The quantitative estimate of drug-likeness (QED) is 0.664. The number of nitrogens with one attached hydrogen (secondary N) is 2. The maximum absolute atomic E-state index is 13.4. The normalized spacial score (nSPS) is 22.7. The number of aromatic nitrogens is 2. The first-order chi connectivity index (χ1) is 13.8. The van der Waals surface area contributed by atoms with Crippen LogP contribution in [0.3, 0.4) is 0 Å². The number of imidazole rings is 1. The Balaban J connectivity index is 1.59. The summed E-state index contributed by atoms with van der Waals surface area (Å²) in [6, 6.07) is 10.6. The number of carbonyl (C=O) groups is 1. The molecule has 10 heteroatoms. The van der Waals surface area contributed by atoms with E-state index in [9.17, 15) is 13.4 Å². The highest BCUT2D eigenvalue weighted by molar-refractivity contribution is 7.80. The van der Waals surface area contributed by atoms with E-state index in [1.807, 2.05) is 35.9 Å². The van der Waals surface area contributed by atoms with E-state index in [0.717, 1.165) is 11.0 Å². The fraction of sp³-hybridized carbons (Fsp3) is 0.263. The van der Waals surface area contributed by atoms with Crippen LogP contribution in [-0.4, -0.2) is 37.1 Å². The average Bonchev–Trinajstić information content (AvgIpc) is 3.03. The molecule has 4 rings (SSSR count). The van der Waals surface area contributed by atoms with Gasteiger partial charge in [0, 0.05) is 19.8 Å². The molecule has 1 amide bonds. The van der Waals surface area contributed by atoms with Gasteiger partial charge in [-0.3, -0.25) is 4.79 Å². The second kappa shape index (κ2) is 7.83. The number of hydrogen-bond acceptors (Lipinski definition) is 3. The third-order valence-electron chi connectivity index (χ3n) is 5.03. The minimum atomic E-state index is -1.58. The maximum atomic E-state index is 13.4. The van der Waals surface area contributed by atoms with E-state index < -0.39 is 23.0 Å². The van der Waals surface area contributed by atoms with E-state index in [4.69, 9.17) is 11.6 Å². The number of para-hydroxylation sites is 2. The minimum Gasteiger partial charge on any atom is -0.330 e. The zero-order valence-corrected chi connectivity index (χ0v) is 17.3. The Morgan fingerprint density at radius 1 is 1.31 bits per heavy atom. The summed E-state index contributed by atoms with van der Waals surface area (Å²) in [5.74, 6) is -0.212. The van der Waals surface area contributed by atoms with E-state index in [0.29, 0.717) is 17.9 Å². The lowest BCUT2D eigenvalue weighted by Crippen LogP contribution is -2.53. The Bertz CT molecular complexity index is 1120. The van der Waals surface area contributed by atoms with Crippen LogP contribution in [0.1, 0.15) is 18.3 Å². The summed E-state index contributed by atoms with van der Waals surface area (Å²) < 4.78 is 32.4. The Labute approximate surface area is 174 Å². The second-order valence-electron chi connectivity index (χ2n) is 6.85. The molecule has 1 aliphatic heterocycles. The monoisotopic (exact) mass is 435 g/mol. The summed E-state index contributed by atoms with van der Waals surface area (Å²) in [5.41, 5.74) is 2.16. The maximum Gasteiger partial charge on any atom is 0.242 e. The van der Waals surface area contributed by atoms with Gasteiger partial charge in [0.15, 0.2) is 11.2 Å². The number of anilines is 1. The van der Waals surface area contributed by atoms with Gasteiger partial charge in [0.2, 0.25) is 5.91 Å². The fourth-order valence-corrected chi connectivity index (χ4v) is 4.65. The van der Waals surface area contributed by atoms with Crippen LogP contribution in [0.15, 0.2) is 42.5 Å². The minimum absolute atomic E-state index is 0.0809. The number of benzene rings is 2. The SMILES string of the molecule is CN1C(C(=O)Nc2ccc(F)c(Cl)c2)CC(c2nc3ccccc3n2C)NS1=O. The van der Waals surface area contributed by atoms with Gasteiger partial charge in [0.05, 0.1) is 22.1 Å². The topological polar surface area (TPSA) is 79.3 Å². The van der Waals surface area contributed by atoms with E-state index in [1.54, 1.807) is 7.05 Å². The zero-order valence-electron chi connectivity index (χ0n) is 15.7. The van der Waals surface area contributed by atoms with Gasteiger partial charge in [-0.05, 0) is 36.8 Å². The molecular formula is C19H19ClFN5O2S. The first-order valence-electron chi connectivity index (χ1n) is 8.93. The van der Waals surface area contributed by atoms with Crippen LogP contribution >= 0.6 is 11.6 Å². The number of fused-ring (bicyclic) bond motifs is 1. The van der Waals surface area contributed by atoms with E-state index >= 15 is 0 Å². The number of amides is 1. The molecule has 2 heterocycles. The summed E-state index contributed by atoms with van der Waals surface area (Å²) in [4.78, 5) is 17.5. The molecule has 29 heavy (non-hydrogen) atoms. The standard InChI is InChI=1S/C19H19ClFN5O2S/c1-25-16-6-4-3-5-14(16)23-18(25)15-10-17(26(2)29(28)24-15)19(27)22-11-7-8-13(21)12(20)9-11/h3-9,15,17,24H,10H2,1-2H3,(H,22,27). The first-order valence-corrected chi connectivity index (χ1v) is 10.4. The molecule has 1 saturated heterocycles. The third kappa shape index (κ3) is 3.78. The van der Waals surface area contributed by atoms with Crippen molar-refractivity contribution in [3.8, 4) is 0 Å². The molecule has 2 aromatic carbocycles. The van der Waals surface area contributed by atoms with Crippen molar-refractivity contribution in [3.05, 3.63) is 59.1 Å². The van der Waals surface area contributed by atoms with Crippen LogP contribution in [-0.2, 0) is 23.0 Å². The number of halogens is 2. The van der Waals surface area contributed by atoms with Crippen LogP contribution in [0, 0.1) is 5.82 Å². The van der Waals surface area contributed by atoms with Gasteiger partial charge in [0.1, 0.15) is 17.7 Å². The van der Waals surface area contributed by atoms with E-state index in [2.05, 4.69) is 15.0 Å². The molecule has 1 aromatic heterocycles. The molecule has 2 N–H and O–H groups in total. The van der Waals surface area contributed by atoms with Crippen LogP contribution in [0.4, 0.5) is 10.1 Å². The molecule has 1 fully saturated rings. The highest BCUT2D eigenvalue weighted by atomic mass is 35.5. The van der Waals surface area contributed by atoms with E-state index in [1.165, 1.54) is 22.5 Å². The van der Waals surface area contributed by atoms with Crippen LogP contribution in [0.2, 0.25) is 5.02 Å². The van der Waals surface area contributed by atoms with Gasteiger partial charge in [0.25, 0.3) is 0 Å². The van der Waals surface area contributed by atoms with Crippen molar-refractivity contribution in [1.29, 1.82) is 0 Å². The summed E-state index contributed by atoms with van der Waals surface area (Å²) in [6.45, 7) is 0. The van der Waals surface area contributed by atoms with Crippen LogP contribution in [0.5, 0.6) is 0 Å². The predicted molar refractivity (Wildman–Crippen MR) is 111 cm³/mol. The summed E-state index contributed by atoms with van der Waals surface area (Å²) in [7, 11) is 3.50. The molecule has 3 aromatic rings. The number of nitrogens with zero attached hydrogens (tertiary/aromatic N) is 3. The number of carbonyl (C=O) groups excluding carboxylic acids is 1. The molecule has 0 spiro atoms. The largest absolute Gasteiger partial charge is 0.330 e. The second-order valence-corrected chi connectivity index (χ2v) is 8.57. The zero-order chi connectivity index (χ0) is 20.7. The van der Waals surface area contributed by atoms with Gasteiger partial charge >= 0.3 is 0 Å². The summed E-state index contributed by atoms with van der Waals surface area (Å²) in [6.07, 6.45) is 0.361. The third-order valence-corrected chi connectivity index (χ3v) is 6.58. The molecule has 0 bridgehead atoms. The van der Waals surface area contributed by atoms with Gasteiger partial charge in [-0.2, -0.15) is 0 Å². The number of likely N-dealkylation sites (N-methyl/N-ethyl adjacent to an activating group) is 1. The van der Waals surface area contributed by atoms with Crippen molar-refractivity contribution in [1.82, 2.24) is 18.6 Å². The molecule has 1 aliphatic rings.